The zero-order valence-electron chi connectivity index (χ0n) is 8.70. The highest BCUT2D eigenvalue weighted by atomic mass is 16.3. The van der Waals surface area contributed by atoms with Crippen molar-refractivity contribution in [3.8, 4) is 0 Å². The Morgan fingerprint density at radius 3 is 2.93 bits per heavy atom. The molecule has 0 aromatic carbocycles. The molecule has 0 radical (unpaired) electrons. The van der Waals surface area contributed by atoms with Gasteiger partial charge >= 0.3 is 0 Å². The minimum Gasteiger partial charge on any atom is -0.448 e. The predicted octanol–water partition coefficient (Wildman–Crippen LogP) is 2.39. The smallest absolute Gasteiger partial charge is 0.197 e. The molecule has 2 rings (SSSR count). The molecule has 1 aromatic heterocycles. The van der Waals surface area contributed by atoms with Crippen LogP contribution in [0.15, 0.2) is 10.7 Å². The van der Waals surface area contributed by atoms with Crippen molar-refractivity contribution in [1.29, 1.82) is 0 Å². The van der Waals surface area contributed by atoms with E-state index in [0.29, 0.717) is 18.4 Å². The van der Waals surface area contributed by atoms with Gasteiger partial charge in [-0.3, -0.25) is 0 Å². The van der Waals surface area contributed by atoms with Gasteiger partial charge in [0.25, 0.3) is 0 Å². The van der Waals surface area contributed by atoms with Crippen molar-refractivity contribution in [2.24, 2.45) is 5.73 Å². The molecule has 3 nitrogen and oxygen atoms in total. The van der Waals surface area contributed by atoms with Crippen LogP contribution in [0.25, 0.3) is 0 Å². The van der Waals surface area contributed by atoms with Crippen LogP contribution >= 0.6 is 0 Å². The number of aromatic nitrogens is 1. The Hall–Kier alpha value is -0.830. The average molecular weight is 194 g/mol. The average Bonchev–Trinajstić information content (AvgIpc) is 2.86. The van der Waals surface area contributed by atoms with Gasteiger partial charge in [0, 0.05) is 18.4 Å². The Morgan fingerprint density at radius 1 is 1.57 bits per heavy atom. The van der Waals surface area contributed by atoms with Crippen molar-refractivity contribution in [3.05, 3.63) is 17.8 Å². The summed E-state index contributed by atoms with van der Waals surface area (Å²) in [6.45, 7) is 2.72. The quantitative estimate of drug-likeness (QED) is 0.803. The summed E-state index contributed by atoms with van der Waals surface area (Å²) in [4.78, 5) is 4.52. The highest BCUT2D eigenvalue weighted by Gasteiger charge is 2.22. The van der Waals surface area contributed by atoms with Crippen molar-refractivity contribution in [2.75, 3.05) is 6.54 Å². The molecule has 0 bridgehead atoms. The second kappa shape index (κ2) is 4.13. The molecule has 1 unspecified atom stereocenters. The minimum absolute atomic E-state index is 0.314. The third-order valence-electron chi connectivity index (χ3n) is 3.10. The van der Waals surface area contributed by atoms with Crippen molar-refractivity contribution in [2.45, 2.75) is 44.4 Å². The molecule has 14 heavy (non-hydrogen) atoms. The van der Waals surface area contributed by atoms with Crippen molar-refractivity contribution in [1.82, 2.24) is 4.98 Å². The topological polar surface area (TPSA) is 52.0 Å². The van der Waals surface area contributed by atoms with Gasteiger partial charge in [-0.05, 0) is 12.8 Å². The van der Waals surface area contributed by atoms with Crippen LogP contribution in [0.2, 0.25) is 0 Å². The first-order valence-corrected chi connectivity index (χ1v) is 5.46. The largest absolute Gasteiger partial charge is 0.448 e. The highest BCUT2D eigenvalue weighted by molar-refractivity contribution is 5.06. The number of nitrogens with zero attached hydrogens (tertiary/aromatic N) is 1. The van der Waals surface area contributed by atoms with Gasteiger partial charge in [-0.2, -0.15) is 0 Å². The van der Waals surface area contributed by atoms with Gasteiger partial charge in [0.2, 0.25) is 0 Å². The molecular formula is C11H18N2O. The molecule has 0 amide bonds. The molecule has 1 aliphatic rings. The third kappa shape index (κ3) is 1.82. The number of hydrogen-bond acceptors (Lipinski definition) is 3. The van der Waals surface area contributed by atoms with Gasteiger partial charge in [-0.15, -0.1) is 0 Å². The zero-order chi connectivity index (χ0) is 9.97. The summed E-state index contributed by atoms with van der Waals surface area (Å²) in [7, 11) is 0. The second-order valence-corrected chi connectivity index (χ2v) is 4.23. The van der Waals surface area contributed by atoms with E-state index >= 15 is 0 Å². The monoisotopic (exact) mass is 194 g/mol. The zero-order valence-corrected chi connectivity index (χ0v) is 8.70. The molecule has 1 atom stereocenters. The van der Waals surface area contributed by atoms with E-state index in [-0.39, 0.29) is 0 Å². The number of oxazole rings is 1. The third-order valence-corrected chi connectivity index (χ3v) is 3.10. The van der Waals surface area contributed by atoms with Gasteiger partial charge in [0.1, 0.15) is 6.26 Å². The normalized spacial score (nSPS) is 20.1. The molecule has 0 aliphatic heterocycles. The van der Waals surface area contributed by atoms with Crippen LogP contribution in [0.4, 0.5) is 0 Å². The molecular weight excluding hydrogens is 176 g/mol. The number of hydrogen-bond donors (Lipinski definition) is 1. The second-order valence-electron chi connectivity index (χ2n) is 4.23. The van der Waals surface area contributed by atoms with Crippen molar-refractivity contribution >= 4 is 0 Å². The minimum atomic E-state index is 0.314. The summed E-state index contributed by atoms with van der Waals surface area (Å²) in [5, 5.41) is 0. The summed E-state index contributed by atoms with van der Waals surface area (Å²) < 4.78 is 5.50. The van der Waals surface area contributed by atoms with E-state index in [9.17, 15) is 0 Å². The van der Waals surface area contributed by atoms with E-state index in [1.807, 2.05) is 0 Å². The molecule has 2 N–H and O–H groups in total. The van der Waals surface area contributed by atoms with E-state index in [1.165, 1.54) is 25.7 Å². The van der Waals surface area contributed by atoms with Crippen molar-refractivity contribution < 1.29 is 4.42 Å². The fraction of sp³-hybridized carbons (Fsp3) is 0.727. The first kappa shape index (κ1) is 9.71. The molecule has 1 saturated carbocycles. The van der Waals surface area contributed by atoms with Crippen molar-refractivity contribution in [3.63, 3.8) is 0 Å². The summed E-state index contributed by atoms with van der Waals surface area (Å²) in [6, 6.07) is 0. The summed E-state index contributed by atoms with van der Waals surface area (Å²) in [5.74, 6) is 1.81. The summed E-state index contributed by atoms with van der Waals surface area (Å²) in [5.41, 5.74) is 6.59. The Kier molecular flexibility index (Phi) is 2.87. The van der Waals surface area contributed by atoms with E-state index in [4.69, 9.17) is 10.2 Å². The maximum Gasteiger partial charge on any atom is 0.197 e. The van der Waals surface area contributed by atoms with E-state index in [0.717, 1.165) is 11.6 Å². The predicted molar refractivity (Wildman–Crippen MR) is 55.2 cm³/mol. The Balaban J connectivity index is 2.08. The van der Waals surface area contributed by atoms with Crippen LogP contribution in [0, 0.1) is 0 Å². The lowest BCUT2D eigenvalue weighted by molar-refractivity contribution is 0.448. The first-order valence-electron chi connectivity index (χ1n) is 5.46. The van der Waals surface area contributed by atoms with E-state index in [2.05, 4.69) is 11.9 Å². The summed E-state index contributed by atoms with van der Waals surface area (Å²) in [6.07, 6.45) is 6.86. The number of nitrogens with two attached hydrogens (primary N) is 1. The fourth-order valence-corrected chi connectivity index (χ4v) is 2.01. The Bertz CT molecular complexity index is 289. The summed E-state index contributed by atoms with van der Waals surface area (Å²) >= 11 is 0. The van der Waals surface area contributed by atoms with Crippen LogP contribution in [0.1, 0.15) is 56.0 Å². The first-order chi connectivity index (χ1) is 6.81. The van der Waals surface area contributed by atoms with Gasteiger partial charge in [0.05, 0.1) is 5.69 Å². The SMILES string of the molecule is CC(CN)c1coc(C2CCCC2)n1. The van der Waals surface area contributed by atoms with Gasteiger partial charge < -0.3 is 10.2 Å². The highest BCUT2D eigenvalue weighted by Crippen LogP contribution is 2.33. The van der Waals surface area contributed by atoms with Gasteiger partial charge in [-0.1, -0.05) is 19.8 Å². The maximum atomic E-state index is 5.59. The van der Waals surface area contributed by atoms with Crippen LogP contribution in [0.5, 0.6) is 0 Å². The molecule has 0 saturated heterocycles. The fourth-order valence-electron chi connectivity index (χ4n) is 2.01. The molecule has 3 heteroatoms. The van der Waals surface area contributed by atoms with Crippen LogP contribution in [-0.2, 0) is 0 Å². The Labute approximate surface area is 84.7 Å². The molecule has 0 spiro atoms. The lowest BCUT2D eigenvalue weighted by Gasteiger charge is -2.03. The maximum absolute atomic E-state index is 5.59. The molecule has 78 valence electrons. The molecule has 1 aliphatic carbocycles. The van der Waals surface area contributed by atoms with Crippen LogP contribution < -0.4 is 5.73 Å². The van der Waals surface area contributed by atoms with E-state index in [1.54, 1.807) is 6.26 Å². The molecule has 1 aromatic rings. The lowest BCUT2D eigenvalue weighted by atomic mass is 10.1. The standard InChI is InChI=1S/C11H18N2O/c1-8(6-12)10-7-14-11(13-10)9-4-2-3-5-9/h7-9H,2-6,12H2,1H3. The van der Waals surface area contributed by atoms with E-state index < -0.39 is 0 Å². The van der Waals surface area contributed by atoms with Crippen LogP contribution in [0.3, 0.4) is 0 Å². The van der Waals surface area contributed by atoms with Gasteiger partial charge in [-0.25, -0.2) is 4.98 Å². The molecule has 1 fully saturated rings. The number of rotatable bonds is 3. The van der Waals surface area contributed by atoms with Crippen LogP contribution in [-0.4, -0.2) is 11.5 Å². The van der Waals surface area contributed by atoms with Gasteiger partial charge in [0.15, 0.2) is 5.89 Å². The lowest BCUT2D eigenvalue weighted by Crippen LogP contribution is -2.09. The Morgan fingerprint density at radius 2 is 2.29 bits per heavy atom. The molecule has 1 heterocycles.